The molecule has 1 aliphatic rings. The van der Waals surface area contributed by atoms with E-state index in [1.807, 2.05) is 50.2 Å². The fourth-order valence-corrected chi connectivity index (χ4v) is 6.04. The smallest absolute Gasteiger partial charge is 0.306 e. The molecule has 1 fully saturated rings. The van der Waals surface area contributed by atoms with Crippen molar-refractivity contribution in [1.29, 1.82) is 0 Å². The largest absolute Gasteiger partial charge is 0.497 e. The lowest BCUT2D eigenvalue weighted by atomic mass is 9.90. The maximum atomic E-state index is 14.8. The van der Waals surface area contributed by atoms with E-state index in [4.69, 9.17) is 14.2 Å². The van der Waals surface area contributed by atoms with Crippen LogP contribution in [-0.2, 0) is 26.9 Å². The van der Waals surface area contributed by atoms with Crippen LogP contribution in [0.2, 0.25) is 0 Å². The molecule has 0 spiro atoms. The van der Waals surface area contributed by atoms with Gasteiger partial charge in [0.25, 0.3) is 0 Å². The maximum Gasteiger partial charge on any atom is 0.306 e. The molecule has 0 saturated heterocycles. The van der Waals surface area contributed by atoms with Crippen molar-refractivity contribution >= 4 is 16.8 Å². The van der Waals surface area contributed by atoms with Crippen LogP contribution < -0.4 is 9.47 Å². The van der Waals surface area contributed by atoms with Crippen LogP contribution in [0.25, 0.3) is 11.1 Å². The molecule has 1 saturated carbocycles. The Kier molecular flexibility index (Phi) is 10.2. The summed E-state index contributed by atoms with van der Waals surface area (Å²) in [6.45, 7) is 4.45. The second-order valence-corrected chi connectivity index (χ2v) is 11.5. The molecule has 208 valence electrons. The molecule has 0 aliphatic heterocycles. The number of halogens is 1. The van der Waals surface area contributed by atoms with Gasteiger partial charge in [0.1, 0.15) is 23.9 Å². The van der Waals surface area contributed by atoms with Gasteiger partial charge < -0.3 is 14.2 Å². The number of ether oxygens (including phenoxy) is 3. The predicted octanol–water partition coefficient (Wildman–Crippen LogP) is 7.43. The van der Waals surface area contributed by atoms with Gasteiger partial charge in [0.2, 0.25) is 0 Å². The summed E-state index contributed by atoms with van der Waals surface area (Å²) in [4.78, 5) is 12.8. The predicted molar refractivity (Wildman–Crippen MR) is 152 cm³/mol. The highest BCUT2D eigenvalue weighted by atomic mass is 32.2. The van der Waals surface area contributed by atoms with Crippen LogP contribution in [-0.4, -0.2) is 29.6 Å². The van der Waals surface area contributed by atoms with Crippen molar-refractivity contribution in [3.8, 4) is 22.6 Å². The summed E-state index contributed by atoms with van der Waals surface area (Å²) >= 11 is 0. The van der Waals surface area contributed by atoms with Crippen molar-refractivity contribution in [2.75, 3.05) is 19.5 Å². The molecule has 5 nitrogen and oxygen atoms in total. The van der Waals surface area contributed by atoms with Crippen molar-refractivity contribution in [3.05, 3.63) is 77.6 Å². The molecule has 0 aromatic heterocycles. The van der Waals surface area contributed by atoms with Crippen LogP contribution >= 0.6 is 0 Å². The maximum absolute atomic E-state index is 14.8. The summed E-state index contributed by atoms with van der Waals surface area (Å²) in [6, 6.07) is 18.0. The van der Waals surface area contributed by atoms with Gasteiger partial charge in [-0.2, -0.15) is 0 Å². The van der Waals surface area contributed by atoms with Gasteiger partial charge in [-0.25, -0.2) is 4.39 Å². The molecule has 1 aliphatic carbocycles. The number of carbonyl (C=O) groups is 1. The van der Waals surface area contributed by atoms with E-state index in [2.05, 4.69) is 0 Å². The monoisotopic (exact) mass is 552 g/mol. The minimum absolute atomic E-state index is 0.0974. The van der Waals surface area contributed by atoms with E-state index in [0.717, 1.165) is 24.0 Å². The number of hydrogen-bond acceptors (Lipinski definition) is 5. The Morgan fingerprint density at radius 3 is 2.56 bits per heavy atom. The standard InChI is InChI=1S/C32H37FO5S/c1-4-15-39(35)31-17-23(11-13-28(31)29-20-26(36-3)12-14-30(29)33)21-38-27-8-6-7-24(18-27)25(16-22-9-10-22)19-32(34)37-5-2/h6-8,11-14,17-18,20,22,25H,4-5,9-10,15-16,19,21H2,1-3H3/t25-,39?/m0/s1. The van der Waals surface area contributed by atoms with Crippen LogP contribution in [0.3, 0.4) is 0 Å². The molecule has 3 aromatic carbocycles. The quantitative estimate of drug-likeness (QED) is 0.195. The first-order valence-corrected chi connectivity index (χ1v) is 15.0. The van der Waals surface area contributed by atoms with E-state index in [1.54, 1.807) is 18.2 Å². The van der Waals surface area contributed by atoms with E-state index in [0.29, 0.717) is 52.2 Å². The SMILES string of the molecule is CCCS(=O)c1cc(COc2cccc([C@H](CC(=O)OCC)CC3CC3)c2)ccc1-c1cc(OC)ccc1F. The molecule has 0 bridgehead atoms. The summed E-state index contributed by atoms with van der Waals surface area (Å²) in [7, 11) is 0.240. The summed E-state index contributed by atoms with van der Waals surface area (Å²) in [5, 5.41) is 0. The Morgan fingerprint density at radius 1 is 1.03 bits per heavy atom. The summed E-state index contributed by atoms with van der Waals surface area (Å²) in [5.74, 6) is 1.92. The van der Waals surface area contributed by atoms with Crippen LogP contribution in [0.5, 0.6) is 11.5 Å². The molecule has 2 atom stereocenters. The molecule has 1 unspecified atom stereocenters. The Hall–Kier alpha value is -3.19. The highest BCUT2D eigenvalue weighted by Crippen LogP contribution is 2.41. The number of hydrogen-bond donors (Lipinski definition) is 0. The second-order valence-electron chi connectivity index (χ2n) is 9.97. The Bertz CT molecular complexity index is 1300. The van der Waals surface area contributed by atoms with Crippen LogP contribution in [0.15, 0.2) is 65.6 Å². The zero-order valence-electron chi connectivity index (χ0n) is 22.9. The lowest BCUT2D eigenvalue weighted by molar-refractivity contribution is -0.143. The average Bonchev–Trinajstić information content (AvgIpc) is 3.76. The number of methoxy groups -OCH3 is 1. The van der Waals surface area contributed by atoms with E-state index in [9.17, 15) is 13.4 Å². The number of rotatable bonds is 14. The Labute approximate surface area is 233 Å². The molecule has 0 heterocycles. The summed E-state index contributed by atoms with van der Waals surface area (Å²) < 4.78 is 44.6. The van der Waals surface area contributed by atoms with Gasteiger partial charge in [-0.1, -0.05) is 44.0 Å². The first kappa shape index (κ1) is 28.8. The van der Waals surface area contributed by atoms with Crippen LogP contribution in [0.4, 0.5) is 4.39 Å². The van der Waals surface area contributed by atoms with Gasteiger partial charge in [-0.3, -0.25) is 9.00 Å². The Balaban J connectivity index is 1.55. The third kappa shape index (κ3) is 7.91. The molecule has 0 N–H and O–H groups in total. The minimum Gasteiger partial charge on any atom is -0.497 e. The fourth-order valence-electron chi connectivity index (χ4n) is 4.74. The fraction of sp³-hybridized carbons (Fsp3) is 0.406. The van der Waals surface area contributed by atoms with E-state index in [-0.39, 0.29) is 18.5 Å². The van der Waals surface area contributed by atoms with Crippen molar-refractivity contribution in [3.63, 3.8) is 0 Å². The average molecular weight is 553 g/mol. The lowest BCUT2D eigenvalue weighted by Gasteiger charge is -2.18. The first-order valence-electron chi connectivity index (χ1n) is 13.6. The van der Waals surface area contributed by atoms with E-state index < -0.39 is 16.6 Å². The van der Waals surface area contributed by atoms with E-state index >= 15 is 0 Å². The van der Waals surface area contributed by atoms with Gasteiger partial charge in [-0.15, -0.1) is 0 Å². The summed E-state index contributed by atoms with van der Waals surface area (Å²) in [5.41, 5.74) is 2.86. The topological polar surface area (TPSA) is 61.8 Å². The normalized spacial score (nSPS) is 14.5. The van der Waals surface area contributed by atoms with Gasteiger partial charge in [-0.05, 0) is 79.1 Å². The third-order valence-corrected chi connectivity index (χ3v) is 8.52. The van der Waals surface area contributed by atoms with Crippen molar-refractivity contribution in [2.45, 2.75) is 63.4 Å². The second kappa shape index (κ2) is 13.7. The first-order chi connectivity index (χ1) is 18.9. The van der Waals surface area contributed by atoms with Crippen molar-refractivity contribution in [1.82, 2.24) is 0 Å². The zero-order chi connectivity index (χ0) is 27.8. The minimum atomic E-state index is -1.29. The molecule has 3 aromatic rings. The highest BCUT2D eigenvalue weighted by molar-refractivity contribution is 7.85. The summed E-state index contributed by atoms with van der Waals surface area (Å²) in [6.07, 6.45) is 4.51. The molecular formula is C32H37FO5S. The van der Waals surface area contributed by atoms with E-state index in [1.165, 1.54) is 26.0 Å². The van der Waals surface area contributed by atoms with Gasteiger partial charge >= 0.3 is 5.97 Å². The lowest BCUT2D eigenvalue weighted by Crippen LogP contribution is -2.11. The highest BCUT2D eigenvalue weighted by Gasteiger charge is 2.28. The van der Waals surface area contributed by atoms with Crippen molar-refractivity contribution < 1.29 is 27.6 Å². The van der Waals surface area contributed by atoms with Crippen molar-refractivity contribution in [2.24, 2.45) is 5.92 Å². The van der Waals surface area contributed by atoms with Crippen LogP contribution in [0.1, 0.15) is 63.0 Å². The molecule has 39 heavy (non-hydrogen) atoms. The number of esters is 1. The molecular weight excluding hydrogens is 515 g/mol. The number of benzene rings is 3. The molecule has 0 amide bonds. The van der Waals surface area contributed by atoms with Crippen LogP contribution in [0, 0.1) is 11.7 Å². The molecule has 0 radical (unpaired) electrons. The zero-order valence-corrected chi connectivity index (χ0v) is 23.7. The molecule has 7 heteroatoms. The Morgan fingerprint density at radius 2 is 1.85 bits per heavy atom. The van der Waals surface area contributed by atoms with Gasteiger partial charge in [0.05, 0.1) is 30.9 Å². The van der Waals surface area contributed by atoms with Gasteiger partial charge in [0.15, 0.2) is 0 Å². The van der Waals surface area contributed by atoms with Gasteiger partial charge in [0, 0.05) is 21.8 Å². The third-order valence-electron chi connectivity index (χ3n) is 6.91. The number of carbonyl (C=O) groups excluding carboxylic acids is 1. The molecule has 4 rings (SSSR count).